The van der Waals surface area contributed by atoms with Crippen molar-refractivity contribution in [3.63, 3.8) is 0 Å². The van der Waals surface area contributed by atoms with Crippen molar-refractivity contribution in [2.45, 2.75) is 12.5 Å². The molecule has 0 saturated carbocycles. The van der Waals surface area contributed by atoms with E-state index in [2.05, 4.69) is 10.5 Å². The van der Waals surface area contributed by atoms with Gasteiger partial charge in [0.15, 0.2) is 11.5 Å². The molecule has 1 unspecified atom stereocenters. The van der Waals surface area contributed by atoms with Gasteiger partial charge in [0.1, 0.15) is 5.75 Å². The molecule has 2 aromatic carbocycles. The summed E-state index contributed by atoms with van der Waals surface area (Å²) in [6.45, 7) is 0.207. The molecule has 24 heavy (non-hydrogen) atoms. The molecule has 1 heterocycles. The summed E-state index contributed by atoms with van der Waals surface area (Å²) in [6.07, 6.45) is 1.86. The third-order valence-electron chi connectivity index (χ3n) is 3.51. The van der Waals surface area contributed by atoms with Gasteiger partial charge in [0.25, 0.3) is 5.91 Å². The third-order valence-corrected chi connectivity index (χ3v) is 3.51. The lowest BCUT2D eigenvalue weighted by molar-refractivity contribution is -0.122. The molecule has 0 radical (unpaired) electrons. The zero-order chi connectivity index (χ0) is 16.9. The molecule has 0 bridgehead atoms. The summed E-state index contributed by atoms with van der Waals surface area (Å²) in [4.78, 5) is 11.9. The number of amides is 1. The van der Waals surface area contributed by atoms with Crippen LogP contribution in [0.5, 0.6) is 17.2 Å². The van der Waals surface area contributed by atoms with Crippen LogP contribution in [-0.4, -0.2) is 30.1 Å². The van der Waals surface area contributed by atoms with Crippen molar-refractivity contribution in [3.05, 3.63) is 53.6 Å². The number of phenolic OH excluding ortho intramolecular Hbond substituents is 1. The maximum atomic E-state index is 11.9. The number of aromatic hydroxyl groups is 1. The lowest BCUT2D eigenvalue weighted by Gasteiger charge is -2.09. The van der Waals surface area contributed by atoms with E-state index in [4.69, 9.17) is 15.2 Å². The van der Waals surface area contributed by atoms with E-state index in [1.807, 2.05) is 0 Å². The number of carbonyl (C=O) groups excluding carboxylic acids is 1. The molecular weight excluding hydrogens is 310 g/mol. The van der Waals surface area contributed by atoms with Gasteiger partial charge in [-0.15, -0.1) is 0 Å². The Morgan fingerprint density at radius 3 is 2.79 bits per heavy atom. The SMILES string of the molecule is NC(Cc1ccc(O)cc1)C(=O)NN=Cc1ccc2c(c1)OCO2. The van der Waals surface area contributed by atoms with Crippen molar-refractivity contribution in [1.82, 2.24) is 5.43 Å². The number of benzene rings is 2. The Bertz CT molecular complexity index is 759. The Balaban J connectivity index is 1.53. The lowest BCUT2D eigenvalue weighted by Crippen LogP contribution is -2.39. The monoisotopic (exact) mass is 327 g/mol. The van der Waals surface area contributed by atoms with Gasteiger partial charge in [0.05, 0.1) is 12.3 Å². The second-order valence-corrected chi connectivity index (χ2v) is 5.32. The fraction of sp³-hybridized carbons (Fsp3) is 0.176. The number of phenols is 1. The van der Waals surface area contributed by atoms with Crippen molar-refractivity contribution in [2.24, 2.45) is 10.8 Å². The summed E-state index contributed by atoms with van der Waals surface area (Å²) in [5.74, 6) is 1.12. The highest BCUT2D eigenvalue weighted by Crippen LogP contribution is 2.31. The van der Waals surface area contributed by atoms with Crippen LogP contribution in [0.4, 0.5) is 0 Å². The number of rotatable bonds is 5. The Morgan fingerprint density at radius 2 is 2.00 bits per heavy atom. The number of hydrogen-bond donors (Lipinski definition) is 3. The van der Waals surface area contributed by atoms with Gasteiger partial charge in [-0.05, 0) is 47.9 Å². The van der Waals surface area contributed by atoms with E-state index in [0.717, 1.165) is 11.1 Å². The van der Waals surface area contributed by atoms with Crippen LogP contribution in [0.25, 0.3) is 0 Å². The van der Waals surface area contributed by atoms with Crippen molar-refractivity contribution >= 4 is 12.1 Å². The van der Waals surface area contributed by atoms with Gasteiger partial charge in [-0.1, -0.05) is 12.1 Å². The number of nitrogens with one attached hydrogen (secondary N) is 1. The Morgan fingerprint density at radius 1 is 1.25 bits per heavy atom. The minimum Gasteiger partial charge on any atom is -0.508 e. The van der Waals surface area contributed by atoms with Crippen LogP contribution >= 0.6 is 0 Å². The summed E-state index contributed by atoms with van der Waals surface area (Å²) in [5, 5.41) is 13.1. The molecule has 0 fully saturated rings. The molecule has 1 amide bonds. The maximum absolute atomic E-state index is 11.9. The van der Waals surface area contributed by atoms with E-state index in [1.54, 1.807) is 42.5 Å². The molecule has 0 spiro atoms. The van der Waals surface area contributed by atoms with E-state index in [-0.39, 0.29) is 18.4 Å². The first-order valence-electron chi connectivity index (χ1n) is 7.38. The molecule has 3 rings (SSSR count). The fourth-order valence-corrected chi connectivity index (χ4v) is 2.23. The highest BCUT2D eigenvalue weighted by Gasteiger charge is 2.14. The van der Waals surface area contributed by atoms with Crippen LogP contribution in [0.3, 0.4) is 0 Å². The molecular formula is C17H17N3O4. The zero-order valence-corrected chi connectivity index (χ0v) is 12.8. The normalized spacial score (nSPS) is 13.9. The van der Waals surface area contributed by atoms with E-state index in [9.17, 15) is 9.90 Å². The lowest BCUT2D eigenvalue weighted by atomic mass is 10.1. The Hall–Kier alpha value is -3.06. The summed E-state index contributed by atoms with van der Waals surface area (Å²) < 4.78 is 10.5. The summed E-state index contributed by atoms with van der Waals surface area (Å²) in [7, 11) is 0. The molecule has 0 saturated heterocycles. The standard InChI is InChI=1S/C17H17N3O4/c18-14(7-11-1-4-13(21)5-2-11)17(22)20-19-9-12-3-6-15-16(8-12)24-10-23-15/h1-6,8-9,14,21H,7,10,18H2,(H,20,22). The highest BCUT2D eigenvalue weighted by molar-refractivity contribution is 5.85. The highest BCUT2D eigenvalue weighted by atomic mass is 16.7. The molecule has 4 N–H and O–H groups in total. The minimum absolute atomic E-state index is 0.171. The molecule has 1 aliphatic rings. The average Bonchev–Trinajstić information content (AvgIpc) is 3.04. The van der Waals surface area contributed by atoms with Crippen molar-refractivity contribution < 1.29 is 19.4 Å². The van der Waals surface area contributed by atoms with Crippen molar-refractivity contribution in [1.29, 1.82) is 0 Å². The number of hydrogen-bond acceptors (Lipinski definition) is 6. The van der Waals surface area contributed by atoms with Crippen LogP contribution in [0.2, 0.25) is 0 Å². The quantitative estimate of drug-likeness (QED) is 0.564. The summed E-state index contributed by atoms with van der Waals surface area (Å²) in [5.41, 5.74) is 9.90. The zero-order valence-electron chi connectivity index (χ0n) is 12.8. The number of ether oxygens (including phenoxy) is 2. The fourth-order valence-electron chi connectivity index (χ4n) is 2.23. The first kappa shape index (κ1) is 15.8. The second-order valence-electron chi connectivity index (χ2n) is 5.32. The maximum Gasteiger partial charge on any atom is 0.257 e. The second kappa shape index (κ2) is 7.01. The van der Waals surface area contributed by atoms with Gasteiger partial charge in [-0.2, -0.15) is 5.10 Å². The summed E-state index contributed by atoms with van der Waals surface area (Å²) >= 11 is 0. The number of nitrogens with zero attached hydrogens (tertiary/aromatic N) is 1. The van der Waals surface area contributed by atoms with Gasteiger partial charge < -0.3 is 20.3 Å². The van der Waals surface area contributed by atoms with Gasteiger partial charge in [-0.3, -0.25) is 4.79 Å². The molecule has 0 aliphatic carbocycles. The predicted octanol–water partition coefficient (Wildman–Crippen LogP) is 1.14. The Kier molecular flexibility index (Phi) is 4.62. The molecule has 124 valence electrons. The molecule has 7 nitrogen and oxygen atoms in total. The Labute approximate surface area is 138 Å². The smallest absolute Gasteiger partial charge is 0.257 e. The van der Waals surface area contributed by atoms with Crippen LogP contribution in [-0.2, 0) is 11.2 Å². The van der Waals surface area contributed by atoms with Crippen LogP contribution < -0.4 is 20.6 Å². The number of fused-ring (bicyclic) bond motifs is 1. The topological polar surface area (TPSA) is 106 Å². The van der Waals surface area contributed by atoms with E-state index >= 15 is 0 Å². The molecule has 0 aromatic heterocycles. The van der Waals surface area contributed by atoms with E-state index in [1.165, 1.54) is 6.21 Å². The first-order valence-corrected chi connectivity index (χ1v) is 7.38. The first-order chi connectivity index (χ1) is 11.6. The van der Waals surface area contributed by atoms with Crippen molar-refractivity contribution in [3.8, 4) is 17.2 Å². The minimum atomic E-state index is -0.733. The molecule has 7 heteroatoms. The number of nitrogens with two attached hydrogens (primary N) is 1. The summed E-state index contributed by atoms with van der Waals surface area (Å²) in [6, 6.07) is 11.2. The molecule has 2 aromatic rings. The molecule has 1 aliphatic heterocycles. The van der Waals surface area contributed by atoms with Gasteiger partial charge in [0.2, 0.25) is 6.79 Å². The van der Waals surface area contributed by atoms with Crippen molar-refractivity contribution in [2.75, 3.05) is 6.79 Å². The van der Waals surface area contributed by atoms with Gasteiger partial charge in [-0.25, -0.2) is 5.43 Å². The van der Waals surface area contributed by atoms with E-state index < -0.39 is 6.04 Å². The molecule has 1 atom stereocenters. The largest absolute Gasteiger partial charge is 0.508 e. The average molecular weight is 327 g/mol. The van der Waals surface area contributed by atoms with Gasteiger partial charge >= 0.3 is 0 Å². The third kappa shape index (κ3) is 3.82. The van der Waals surface area contributed by atoms with Crippen LogP contribution in [0.15, 0.2) is 47.6 Å². The number of hydrazone groups is 1. The number of carbonyl (C=O) groups is 1. The van der Waals surface area contributed by atoms with Gasteiger partial charge in [0, 0.05) is 0 Å². The van der Waals surface area contributed by atoms with Crippen LogP contribution in [0.1, 0.15) is 11.1 Å². The predicted molar refractivity (Wildman–Crippen MR) is 88.1 cm³/mol. The van der Waals surface area contributed by atoms with E-state index in [0.29, 0.717) is 17.9 Å². The van der Waals surface area contributed by atoms with Crippen LogP contribution in [0, 0.1) is 0 Å².